The van der Waals surface area contributed by atoms with E-state index >= 15 is 0 Å². The van der Waals surface area contributed by atoms with Crippen molar-refractivity contribution in [2.24, 2.45) is 5.41 Å². The van der Waals surface area contributed by atoms with Crippen molar-refractivity contribution >= 4 is 11.9 Å². The molecule has 0 bridgehead atoms. The van der Waals surface area contributed by atoms with Gasteiger partial charge in [-0.05, 0) is 38.5 Å². The Bertz CT molecular complexity index is 637. The lowest BCUT2D eigenvalue weighted by Crippen LogP contribution is -2.49. The SMILES string of the molecule is C=CCC1(C(=O)O)CCCN(C(=O)c2cnn3c2CCCC3)C1. The maximum Gasteiger partial charge on any atom is 0.311 e. The molecule has 1 atom stereocenters. The number of hydrogen-bond acceptors (Lipinski definition) is 3. The number of carboxylic acid groups (broad SMARTS) is 1. The van der Waals surface area contributed by atoms with Crippen molar-refractivity contribution < 1.29 is 14.7 Å². The zero-order chi connectivity index (χ0) is 16.4. The van der Waals surface area contributed by atoms with E-state index in [1.807, 2.05) is 4.68 Å². The molecule has 1 fully saturated rings. The predicted molar refractivity (Wildman–Crippen MR) is 85.2 cm³/mol. The highest BCUT2D eigenvalue weighted by molar-refractivity contribution is 5.95. The third-order valence-corrected chi connectivity index (χ3v) is 5.07. The molecule has 6 nitrogen and oxygen atoms in total. The van der Waals surface area contributed by atoms with Gasteiger partial charge >= 0.3 is 5.97 Å². The van der Waals surface area contributed by atoms with E-state index < -0.39 is 11.4 Å². The minimum Gasteiger partial charge on any atom is -0.481 e. The van der Waals surface area contributed by atoms with Crippen LogP contribution in [0.15, 0.2) is 18.9 Å². The number of allylic oxidation sites excluding steroid dienone is 1. The Balaban J connectivity index is 1.83. The standard InChI is InChI=1S/C17H23N3O3/c1-2-7-17(16(22)23)8-5-9-19(12-17)15(21)13-11-18-20-10-4-3-6-14(13)20/h2,11H,1,3-10,12H2,(H,22,23). The van der Waals surface area contributed by atoms with Gasteiger partial charge in [0.15, 0.2) is 0 Å². The summed E-state index contributed by atoms with van der Waals surface area (Å²) in [6, 6.07) is 0. The van der Waals surface area contributed by atoms with Crippen LogP contribution in [-0.2, 0) is 17.8 Å². The first kappa shape index (κ1) is 15.8. The van der Waals surface area contributed by atoms with Gasteiger partial charge in [0.05, 0.1) is 22.9 Å². The van der Waals surface area contributed by atoms with Gasteiger partial charge in [0.25, 0.3) is 5.91 Å². The van der Waals surface area contributed by atoms with E-state index in [0.29, 0.717) is 31.4 Å². The number of aryl methyl sites for hydroxylation is 1. The van der Waals surface area contributed by atoms with E-state index in [1.165, 1.54) is 0 Å². The van der Waals surface area contributed by atoms with Gasteiger partial charge in [-0.3, -0.25) is 14.3 Å². The number of amides is 1. The Morgan fingerprint density at radius 2 is 2.17 bits per heavy atom. The summed E-state index contributed by atoms with van der Waals surface area (Å²) in [6.45, 7) is 5.39. The van der Waals surface area contributed by atoms with Crippen LogP contribution in [0.2, 0.25) is 0 Å². The molecule has 3 rings (SSSR count). The summed E-state index contributed by atoms with van der Waals surface area (Å²) in [6.07, 6.45) is 8.00. The number of aliphatic carboxylic acids is 1. The third kappa shape index (κ3) is 2.78. The molecule has 1 N–H and O–H groups in total. The van der Waals surface area contributed by atoms with Gasteiger partial charge in [-0.2, -0.15) is 5.10 Å². The minimum atomic E-state index is -0.900. The molecule has 1 amide bonds. The van der Waals surface area contributed by atoms with Crippen LogP contribution in [0.25, 0.3) is 0 Å². The molecule has 124 valence electrons. The number of carbonyl (C=O) groups excluding carboxylic acids is 1. The van der Waals surface area contributed by atoms with Gasteiger partial charge in [0.2, 0.25) is 0 Å². The highest BCUT2D eigenvalue weighted by Crippen LogP contribution is 2.35. The number of nitrogens with zero attached hydrogens (tertiary/aromatic N) is 3. The molecule has 2 aliphatic rings. The Morgan fingerprint density at radius 1 is 1.35 bits per heavy atom. The quantitative estimate of drug-likeness (QED) is 0.863. The molecule has 1 aromatic heterocycles. The summed E-state index contributed by atoms with van der Waals surface area (Å²) in [7, 11) is 0. The average molecular weight is 317 g/mol. The summed E-state index contributed by atoms with van der Waals surface area (Å²) < 4.78 is 1.91. The maximum atomic E-state index is 12.9. The van der Waals surface area contributed by atoms with Gasteiger partial charge in [0.1, 0.15) is 0 Å². The summed E-state index contributed by atoms with van der Waals surface area (Å²) in [5.41, 5.74) is 0.740. The highest BCUT2D eigenvalue weighted by atomic mass is 16.4. The first-order valence-corrected chi connectivity index (χ1v) is 8.26. The molecule has 0 saturated carbocycles. The van der Waals surface area contributed by atoms with Crippen LogP contribution in [0.4, 0.5) is 0 Å². The van der Waals surface area contributed by atoms with Crippen molar-refractivity contribution in [3.8, 4) is 0 Å². The molecule has 1 saturated heterocycles. The van der Waals surface area contributed by atoms with Crippen molar-refractivity contribution in [3.63, 3.8) is 0 Å². The number of hydrogen-bond donors (Lipinski definition) is 1. The fourth-order valence-electron chi connectivity index (χ4n) is 3.78. The summed E-state index contributed by atoms with van der Waals surface area (Å²) in [5.74, 6) is -0.922. The van der Waals surface area contributed by atoms with E-state index in [0.717, 1.165) is 31.5 Å². The Labute approximate surface area is 135 Å². The second-order valence-corrected chi connectivity index (χ2v) is 6.59. The van der Waals surface area contributed by atoms with Gasteiger partial charge in [-0.15, -0.1) is 6.58 Å². The van der Waals surface area contributed by atoms with Crippen LogP contribution < -0.4 is 0 Å². The normalized spacial score (nSPS) is 24.1. The van der Waals surface area contributed by atoms with Gasteiger partial charge in [-0.1, -0.05) is 6.08 Å². The van der Waals surface area contributed by atoms with Crippen molar-refractivity contribution in [2.75, 3.05) is 13.1 Å². The lowest BCUT2D eigenvalue weighted by molar-refractivity contribution is -0.151. The molecule has 0 aliphatic carbocycles. The lowest BCUT2D eigenvalue weighted by Gasteiger charge is -2.39. The molecule has 3 heterocycles. The zero-order valence-electron chi connectivity index (χ0n) is 13.3. The Morgan fingerprint density at radius 3 is 2.91 bits per heavy atom. The molecule has 1 aromatic rings. The molecule has 6 heteroatoms. The molecule has 1 unspecified atom stereocenters. The first-order chi connectivity index (χ1) is 11.1. The number of piperidine rings is 1. The van der Waals surface area contributed by atoms with Crippen LogP contribution in [-0.4, -0.2) is 44.8 Å². The minimum absolute atomic E-state index is 0.0810. The van der Waals surface area contributed by atoms with Gasteiger partial charge in [-0.25, -0.2) is 0 Å². The zero-order valence-corrected chi connectivity index (χ0v) is 13.3. The summed E-state index contributed by atoms with van der Waals surface area (Å²) >= 11 is 0. The van der Waals surface area contributed by atoms with E-state index in [4.69, 9.17) is 0 Å². The number of rotatable bonds is 4. The van der Waals surface area contributed by atoms with Crippen LogP contribution >= 0.6 is 0 Å². The maximum absolute atomic E-state index is 12.9. The summed E-state index contributed by atoms with van der Waals surface area (Å²) in [5, 5.41) is 14.0. The van der Waals surface area contributed by atoms with Crippen molar-refractivity contribution in [1.29, 1.82) is 0 Å². The number of likely N-dealkylation sites (tertiary alicyclic amines) is 1. The number of fused-ring (bicyclic) bond motifs is 1. The van der Waals surface area contributed by atoms with Crippen LogP contribution in [0.3, 0.4) is 0 Å². The second kappa shape index (κ2) is 6.18. The molecule has 0 aromatic carbocycles. The molecule has 23 heavy (non-hydrogen) atoms. The van der Waals surface area contributed by atoms with Gasteiger partial charge < -0.3 is 10.0 Å². The average Bonchev–Trinajstić information content (AvgIpc) is 2.98. The monoisotopic (exact) mass is 317 g/mol. The predicted octanol–water partition coefficient (Wildman–Crippen LogP) is 2.10. The Kier molecular flexibility index (Phi) is 4.24. The lowest BCUT2D eigenvalue weighted by atomic mass is 9.77. The van der Waals surface area contributed by atoms with Crippen molar-refractivity contribution in [1.82, 2.24) is 14.7 Å². The van der Waals surface area contributed by atoms with E-state index in [1.54, 1.807) is 17.2 Å². The second-order valence-electron chi connectivity index (χ2n) is 6.59. The topological polar surface area (TPSA) is 75.4 Å². The summed E-state index contributed by atoms with van der Waals surface area (Å²) in [4.78, 5) is 26.3. The highest BCUT2D eigenvalue weighted by Gasteiger charge is 2.43. The third-order valence-electron chi connectivity index (χ3n) is 5.07. The van der Waals surface area contributed by atoms with Crippen LogP contribution in [0.5, 0.6) is 0 Å². The Hall–Kier alpha value is -2.11. The number of carboxylic acids is 1. The van der Waals surface area contributed by atoms with Crippen molar-refractivity contribution in [2.45, 2.75) is 45.1 Å². The number of aromatic nitrogens is 2. The number of carbonyl (C=O) groups is 2. The molecule has 0 spiro atoms. The van der Waals surface area contributed by atoms with Crippen molar-refractivity contribution in [3.05, 3.63) is 30.1 Å². The molecular formula is C17H23N3O3. The van der Waals surface area contributed by atoms with Crippen LogP contribution in [0.1, 0.15) is 48.2 Å². The molecular weight excluding hydrogens is 294 g/mol. The van der Waals surface area contributed by atoms with Crippen LogP contribution in [0, 0.1) is 5.41 Å². The fraction of sp³-hybridized carbons (Fsp3) is 0.588. The molecule has 0 radical (unpaired) electrons. The van der Waals surface area contributed by atoms with E-state index in [2.05, 4.69) is 11.7 Å². The fourth-order valence-corrected chi connectivity index (χ4v) is 3.78. The van der Waals surface area contributed by atoms with E-state index in [9.17, 15) is 14.7 Å². The first-order valence-electron chi connectivity index (χ1n) is 8.26. The van der Waals surface area contributed by atoms with Gasteiger partial charge in [0, 0.05) is 19.6 Å². The largest absolute Gasteiger partial charge is 0.481 e. The smallest absolute Gasteiger partial charge is 0.311 e. The molecule has 2 aliphatic heterocycles. The van der Waals surface area contributed by atoms with E-state index in [-0.39, 0.29) is 12.5 Å².